The van der Waals surface area contributed by atoms with Gasteiger partial charge in [-0.2, -0.15) is 5.26 Å². The van der Waals surface area contributed by atoms with Crippen LogP contribution >= 0.6 is 0 Å². The Morgan fingerprint density at radius 3 is 3.12 bits per heavy atom. The molecule has 4 nitrogen and oxygen atoms in total. The third kappa shape index (κ3) is 2.38. The Balaban J connectivity index is 2.08. The second kappa shape index (κ2) is 4.77. The number of hydrogen-bond donors (Lipinski definition) is 2. The van der Waals surface area contributed by atoms with Crippen LogP contribution in [0.3, 0.4) is 0 Å². The third-order valence-electron chi connectivity index (χ3n) is 2.60. The van der Waals surface area contributed by atoms with E-state index in [0.29, 0.717) is 19.5 Å². The Morgan fingerprint density at radius 2 is 2.31 bits per heavy atom. The molecule has 0 unspecified atom stereocenters. The third-order valence-corrected chi connectivity index (χ3v) is 2.60. The average Bonchev–Trinajstić information content (AvgIpc) is 2.29. The molecule has 1 aliphatic rings. The topological polar surface area (TPSA) is 64.9 Å². The number of nitrogens with zero attached hydrogens (tertiary/aromatic N) is 1. The van der Waals surface area contributed by atoms with Crippen LogP contribution in [-0.4, -0.2) is 12.5 Å². The highest BCUT2D eigenvalue weighted by Gasteiger charge is 2.14. The molecular formula is C12H13N3O. The van der Waals surface area contributed by atoms with Gasteiger partial charge in [-0.1, -0.05) is 12.1 Å². The maximum atomic E-state index is 11.2. The normalized spacial score (nSPS) is 13.8. The first-order chi connectivity index (χ1) is 7.79. The van der Waals surface area contributed by atoms with Crippen LogP contribution in [0.1, 0.15) is 17.5 Å². The number of aryl methyl sites for hydroxylation is 1. The molecule has 0 spiro atoms. The number of carbonyl (C=O) groups excluding carboxylic acids is 1. The summed E-state index contributed by atoms with van der Waals surface area (Å²) in [7, 11) is 0. The summed E-state index contributed by atoms with van der Waals surface area (Å²) in [4.78, 5) is 11.2. The molecule has 4 heteroatoms. The first kappa shape index (κ1) is 10.7. The lowest BCUT2D eigenvalue weighted by molar-refractivity contribution is -0.116. The van der Waals surface area contributed by atoms with Crippen molar-refractivity contribution in [3.05, 3.63) is 29.3 Å². The molecule has 0 atom stereocenters. The van der Waals surface area contributed by atoms with Crippen LogP contribution in [0.25, 0.3) is 0 Å². The van der Waals surface area contributed by atoms with Crippen molar-refractivity contribution in [3.8, 4) is 6.07 Å². The van der Waals surface area contributed by atoms with Crippen LogP contribution in [0.15, 0.2) is 18.2 Å². The van der Waals surface area contributed by atoms with Gasteiger partial charge in [-0.15, -0.1) is 0 Å². The van der Waals surface area contributed by atoms with E-state index in [9.17, 15) is 4.79 Å². The van der Waals surface area contributed by atoms with Gasteiger partial charge in [0.1, 0.15) is 0 Å². The van der Waals surface area contributed by atoms with Crippen LogP contribution in [0.2, 0.25) is 0 Å². The van der Waals surface area contributed by atoms with Crippen LogP contribution in [0.5, 0.6) is 0 Å². The van der Waals surface area contributed by atoms with E-state index in [1.54, 1.807) is 0 Å². The van der Waals surface area contributed by atoms with E-state index >= 15 is 0 Å². The molecule has 0 saturated heterocycles. The van der Waals surface area contributed by atoms with Gasteiger partial charge in [0.15, 0.2) is 0 Å². The fourth-order valence-electron chi connectivity index (χ4n) is 1.81. The average molecular weight is 215 g/mol. The van der Waals surface area contributed by atoms with Crippen LogP contribution in [0, 0.1) is 11.3 Å². The molecule has 0 aromatic heterocycles. The number of rotatable bonds is 3. The van der Waals surface area contributed by atoms with E-state index in [1.165, 1.54) is 5.56 Å². The Hall–Kier alpha value is -1.86. The summed E-state index contributed by atoms with van der Waals surface area (Å²) in [6.45, 7) is 1.04. The minimum Gasteiger partial charge on any atom is -0.326 e. The van der Waals surface area contributed by atoms with E-state index in [0.717, 1.165) is 17.7 Å². The van der Waals surface area contributed by atoms with Crippen molar-refractivity contribution in [2.75, 3.05) is 11.9 Å². The summed E-state index contributed by atoms with van der Waals surface area (Å²) in [6, 6.07) is 8.01. The first-order valence-electron chi connectivity index (χ1n) is 5.29. The molecule has 0 fully saturated rings. The quantitative estimate of drug-likeness (QED) is 0.588. The molecule has 1 aromatic rings. The summed E-state index contributed by atoms with van der Waals surface area (Å²) < 4.78 is 0. The standard InChI is InChI=1S/C12H13N3O/c13-5-6-14-8-9-1-3-11-10(7-9)2-4-12(16)15-11/h1,3,7,14H,2,4,6,8H2,(H,15,16). The second-order valence-corrected chi connectivity index (χ2v) is 3.80. The number of carbonyl (C=O) groups is 1. The fraction of sp³-hybridized carbons (Fsp3) is 0.333. The van der Waals surface area contributed by atoms with E-state index < -0.39 is 0 Å². The Labute approximate surface area is 94.3 Å². The van der Waals surface area contributed by atoms with Crippen LogP contribution < -0.4 is 10.6 Å². The largest absolute Gasteiger partial charge is 0.326 e. The highest BCUT2D eigenvalue weighted by Crippen LogP contribution is 2.23. The highest BCUT2D eigenvalue weighted by molar-refractivity contribution is 5.93. The molecule has 2 N–H and O–H groups in total. The first-order valence-corrected chi connectivity index (χ1v) is 5.29. The number of hydrogen-bond acceptors (Lipinski definition) is 3. The van der Waals surface area contributed by atoms with Gasteiger partial charge in [-0.3, -0.25) is 4.79 Å². The predicted molar refractivity (Wildman–Crippen MR) is 60.7 cm³/mol. The maximum absolute atomic E-state index is 11.2. The van der Waals surface area contributed by atoms with Crippen LogP contribution in [-0.2, 0) is 17.8 Å². The van der Waals surface area contributed by atoms with Crippen LogP contribution in [0.4, 0.5) is 5.69 Å². The van der Waals surface area contributed by atoms with E-state index in [4.69, 9.17) is 5.26 Å². The fourth-order valence-corrected chi connectivity index (χ4v) is 1.81. The molecule has 1 aliphatic heterocycles. The van der Waals surface area contributed by atoms with Gasteiger partial charge in [0.2, 0.25) is 5.91 Å². The molecule has 1 amide bonds. The molecular weight excluding hydrogens is 202 g/mol. The van der Waals surface area contributed by atoms with Crippen molar-refractivity contribution in [2.24, 2.45) is 0 Å². The molecule has 2 rings (SSSR count). The van der Waals surface area contributed by atoms with Crippen molar-refractivity contribution in [3.63, 3.8) is 0 Å². The van der Waals surface area contributed by atoms with Gasteiger partial charge in [0.25, 0.3) is 0 Å². The van der Waals surface area contributed by atoms with Crippen molar-refractivity contribution in [1.29, 1.82) is 5.26 Å². The minimum atomic E-state index is 0.0860. The summed E-state index contributed by atoms with van der Waals surface area (Å²) in [5, 5.41) is 14.3. The van der Waals surface area contributed by atoms with Crippen molar-refractivity contribution in [2.45, 2.75) is 19.4 Å². The smallest absolute Gasteiger partial charge is 0.224 e. The number of nitrogens with one attached hydrogen (secondary N) is 2. The second-order valence-electron chi connectivity index (χ2n) is 3.80. The van der Waals surface area contributed by atoms with Gasteiger partial charge in [-0.05, 0) is 23.6 Å². The zero-order valence-electron chi connectivity index (χ0n) is 8.92. The highest BCUT2D eigenvalue weighted by atomic mass is 16.1. The number of anilines is 1. The van der Waals surface area contributed by atoms with Crippen molar-refractivity contribution < 1.29 is 4.79 Å². The molecule has 0 saturated carbocycles. The summed E-state index contributed by atoms with van der Waals surface area (Å²) in [5.74, 6) is 0.0860. The van der Waals surface area contributed by atoms with E-state index in [2.05, 4.69) is 16.7 Å². The maximum Gasteiger partial charge on any atom is 0.224 e. The Bertz CT molecular complexity index is 448. The lowest BCUT2D eigenvalue weighted by Gasteiger charge is -2.17. The minimum absolute atomic E-state index is 0.0860. The lowest BCUT2D eigenvalue weighted by atomic mass is 10.0. The molecule has 1 aromatic carbocycles. The summed E-state index contributed by atoms with van der Waals surface area (Å²) in [5.41, 5.74) is 3.24. The number of nitriles is 1. The summed E-state index contributed by atoms with van der Waals surface area (Å²) in [6.07, 6.45) is 1.36. The van der Waals surface area contributed by atoms with E-state index in [-0.39, 0.29) is 5.91 Å². The molecule has 1 heterocycles. The number of fused-ring (bicyclic) bond motifs is 1. The van der Waals surface area contributed by atoms with E-state index in [1.807, 2.05) is 18.2 Å². The molecule has 82 valence electrons. The van der Waals surface area contributed by atoms with Gasteiger partial charge in [-0.25, -0.2) is 0 Å². The predicted octanol–water partition coefficient (Wildman–Crippen LogP) is 1.18. The molecule has 0 bridgehead atoms. The Kier molecular flexibility index (Phi) is 3.18. The van der Waals surface area contributed by atoms with Crippen molar-refractivity contribution in [1.82, 2.24) is 5.32 Å². The monoisotopic (exact) mass is 215 g/mol. The Morgan fingerprint density at radius 1 is 1.44 bits per heavy atom. The zero-order chi connectivity index (χ0) is 11.4. The number of benzene rings is 1. The molecule has 0 aliphatic carbocycles. The number of amides is 1. The molecule has 16 heavy (non-hydrogen) atoms. The molecule has 0 radical (unpaired) electrons. The van der Waals surface area contributed by atoms with Crippen molar-refractivity contribution >= 4 is 11.6 Å². The SMILES string of the molecule is N#CCNCc1ccc2c(c1)CCC(=O)N2. The van der Waals surface area contributed by atoms with Gasteiger partial charge in [0.05, 0.1) is 12.6 Å². The van der Waals surface area contributed by atoms with Gasteiger partial charge < -0.3 is 10.6 Å². The lowest BCUT2D eigenvalue weighted by Crippen LogP contribution is -2.19. The van der Waals surface area contributed by atoms with Gasteiger partial charge in [0, 0.05) is 18.7 Å². The summed E-state index contributed by atoms with van der Waals surface area (Å²) >= 11 is 0. The van der Waals surface area contributed by atoms with Gasteiger partial charge >= 0.3 is 0 Å². The zero-order valence-corrected chi connectivity index (χ0v) is 8.92.